The number of piperidine rings is 1. The van der Waals surface area contributed by atoms with Crippen LogP contribution in [-0.4, -0.2) is 63.8 Å². The summed E-state index contributed by atoms with van der Waals surface area (Å²) in [7, 11) is 0. The molecule has 3 aromatic rings. The molecule has 33 heavy (non-hydrogen) atoms. The van der Waals surface area contributed by atoms with Crippen LogP contribution < -0.4 is 5.73 Å². The van der Waals surface area contributed by atoms with Gasteiger partial charge in [-0.3, -0.25) is 14.8 Å². The molecular formula is C25H28N6O2. The second kappa shape index (κ2) is 9.15. The number of carbonyl (C=O) groups excluding carboxylic acids is 1. The number of nitrogens with one attached hydrogen (secondary N) is 1. The van der Waals surface area contributed by atoms with E-state index in [9.17, 15) is 4.79 Å². The molecule has 2 aromatic heterocycles. The molecule has 4 heterocycles. The number of H-pyrrole nitrogens is 1. The van der Waals surface area contributed by atoms with E-state index < -0.39 is 0 Å². The van der Waals surface area contributed by atoms with Crippen molar-refractivity contribution in [3.63, 3.8) is 0 Å². The Bertz CT molecular complexity index is 1220. The molecule has 1 amide bonds. The fourth-order valence-corrected chi connectivity index (χ4v) is 4.49. The summed E-state index contributed by atoms with van der Waals surface area (Å²) >= 11 is 0. The van der Waals surface area contributed by atoms with E-state index in [4.69, 9.17) is 20.4 Å². The van der Waals surface area contributed by atoms with Crippen LogP contribution in [0.2, 0.25) is 0 Å². The van der Waals surface area contributed by atoms with Gasteiger partial charge in [-0.15, -0.1) is 0 Å². The Morgan fingerprint density at radius 1 is 1.24 bits per heavy atom. The van der Waals surface area contributed by atoms with Gasteiger partial charge in [0.05, 0.1) is 17.1 Å². The molecule has 0 aliphatic carbocycles. The van der Waals surface area contributed by atoms with Gasteiger partial charge in [0.25, 0.3) is 0 Å². The summed E-state index contributed by atoms with van der Waals surface area (Å²) in [5, 5.41) is 0. The Labute approximate surface area is 192 Å². The minimum absolute atomic E-state index is 0.0438. The van der Waals surface area contributed by atoms with Crippen LogP contribution in [0.1, 0.15) is 31.7 Å². The fraction of sp³-hybridized carbons (Fsp3) is 0.360. The summed E-state index contributed by atoms with van der Waals surface area (Å²) in [4.78, 5) is 31.5. The number of hydrogen-bond acceptors (Lipinski definition) is 6. The van der Waals surface area contributed by atoms with Crippen LogP contribution in [0.25, 0.3) is 28.1 Å². The van der Waals surface area contributed by atoms with Crippen molar-refractivity contribution < 1.29 is 9.53 Å². The highest BCUT2D eigenvalue weighted by Crippen LogP contribution is 2.29. The molecule has 0 atom stereocenters. The zero-order chi connectivity index (χ0) is 22.8. The average molecular weight is 445 g/mol. The Kier molecular flexibility index (Phi) is 5.92. The van der Waals surface area contributed by atoms with Gasteiger partial charge in [0.1, 0.15) is 5.82 Å². The van der Waals surface area contributed by atoms with Crippen LogP contribution in [-0.2, 0) is 9.53 Å². The molecule has 2 saturated heterocycles. The first-order chi connectivity index (χ1) is 16.1. The van der Waals surface area contributed by atoms with Crippen LogP contribution in [0.3, 0.4) is 0 Å². The van der Waals surface area contributed by atoms with E-state index in [1.807, 2.05) is 35.2 Å². The topological polar surface area (TPSA) is 109 Å². The lowest BCUT2D eigenvalue weighted by atomic mass is 9.95. The second-order valence-corrected chi connectivity index (χ2v) is 8.53. The molecule has 0 bridgehead atoms. The molecule has 0 unspecified atom stereocenters. The smallest absolute Gasteiger partial charge is 0.219 e. The third-order valence-electron chi connectivity index (χ3n) is 6.35. The molecule has 5 rings (SSSR count). The average Bonchev–Trinajstić information content (AvgIpc) is 3.29. The number of para-hydroxylation sites is 1. The molecule has 8 heteroatoms. The quantitative estimate of drug-likeness (QED) is 0.645. The largest absolute Gasteiger partial charge is 0.398 e. The lowest BCUT2D eigenvalue weighted by molar-refractivity contribution is -0.128. The molecule has 1 aromatic carbocycles. The number of carbonyl (C=O) groups is 1. The number of ether oxygens (including phenoxy) is 1. The van der Waals surface area contributed by atoms with Crippen LogP contribution in [0.4, 0.5) is 0 Å². The summed E-state index contributed by atoms with van der Waals surface area (Å²) < 4.78 is 5.49. The van der Waals surface area contributed by atoms with Crippen LogP contribution in [0.5, 0.6) is 0 Å². The van der Waals surface area contributed by atoms with E-state index in [2.05, 4.69) is 9.97 Å². The van der Waals surface area contributed by atoms with Gasteiger partial charge in [-0.05, 0) is 31.0 Å². The Balaban J connectivity index is 1.59. The van der Waals surface area contributed by atoms with Crippen LogP contribution in [0, 0.1) is 0 Å². The number of pyridine rings is 1. The van der Waals surface area contributed by atoms with Crippen molar-refractivity contribution in [1.29, 1.82) is 0 Å². The second-order valence-electron chi connectivity index (χ2n) is 8.53. The van der Waals surface area contributed by atoms with E-state index >= 15 is 0 Å². The number of hydrogen-bond donors (Lipinski definition) is 2. The minimum atomic E-state index is 0.0438. The number of aromatic nitrogens is 3. The minimum Gasteiger partial charge on any atom is -0.398 e. The Morgan fingerprint density at radius 2 is 2.09 bits per heavy atom. The Morgan fingerprint density at radius 3 is 2.85 bits per heavy atom. The van der Waals surface area contributed by atoms with Gasteiger partial charge < -0.3 is 20.4 Å². The third-order valence-corrected chi connectivity index (χ3v) is 6.35. The summed E-state index contributed by atoms with van der Waals surface area (Å²) in [5.41, 5.74) is 12.8. The van der Waals surface area contributed by atoms with E-state index in [1.54, 1.807) is 19.3 Å². The van der Waals surface area contributed by atoms with Gasteiger partial charge in [-0.25, -0.2) is 4.98 Å². The van der Waals surface area contributed by atoms with Crippen molar-refractivity contribution in [3.8, 4) is 11.4 Å². The van der Waals surface area contributed by atoms with Crippen LogP contribution >= 0.6 is 0 Å². The number of nitrogens with zero attached hydrogens (tertiary/aromatic N) is 4. The van der Waals surface area contributed by atoms with Gasteiger partial charge in [-0.2, -0.15) is 0 Å². The van der Waals surface area contributed by atoms with Crippen molar-refractivity contribution >= 4 is 28.3 Å². The highest BCUT2D eigenvalue weighted by Gasteiger charge is 2.26. The molecule has 0 radical (unpaired) electrons. The summed E-state index contributed by atoms with van der Waals surface area (Å²) in [6.07, 6.45) is 6.05. The molecule has 3 N–H and O–H groups in total. The number of aromatic amines is 1. The standard InChI is InChI=1S/C25H28N6O2/c1-16(32)31-11-7-21(28-18-8-12-33-13-9-18)20(15-31)23(26)19-5-2-6-22-24(19)30-25(29-22)17-4-3-10-27-14-17/h2-6,10,14,18H,7-9,11-13,15,26H2,1H3,(H,29,30). The zero-order valence-electron chi connectivity index (χ0n) is 18.8. The van der Waals surface area contributed by atoms with Crippen molar-refractivity contribution in [2.24, 2.45) is 10.7 Å². The van der Waals surface area contributed by atoms with Gasteiger partial charge in [0.2, 0.25) is 5.91 Å². The predicted octanol–water partition coefficient (Wildman–Crippen LogP) is 3.17. The molecule has 0 saturated carbocycles. The van der Waals surface area contributed by atoms with Gasteiger partial charge in [0.15, 0.2) is 0 Å². The highest BCUT2D eigenvalue weighted by atomic mass is 16.5. The SMILES string of the molecule is CC(=O)N1CCC(=NC2CCOCC2)C(=C(N)c2cccc3[nH]c(-c4cccnc4)nc23)C1. The highest BCUT2D eigenvalue weighted by molar-refractivity contribution is 6.09. The number of rotatable bonds is 3. The van der Waals surface area contributed by atoms with Gasteiger partial charge in [-0.1, -0.05) is 12.1 Å². The number of likely N-dealkylation sites (tertiary alicyclic amines) is 1. The first kappa shape index (κ1) is 21.3. The van der Waals surface area contributed by atoms with E-state index in [-0.39, 0.29) is 11.9 Å². The first-order valence-corrected chi connectivity index (χ1v) is 11.4. The van der Waals surface area contributed by atoms with Crippen molar-refractivity contribution in [3.05, 3.63) is 53.9 Å². The summed E-state index contributed by atoms with van der Waals surface area (Å²) in [6.45, 7) is 4.19. The fourth-order valence-electron chi connectivity index (χ4n) is 4.49. The molecule has 8 nitrogen and oxygen atoms in total. The number of amides is 1. The number of aliphatic imine (C=N–C) groups is 1. The van der Waals surface area contributed by atoms with Crippen LogP contribution in [0.15, 0.2) is 53.3 Å². The van der Waals surface area contributed by atoms with Crippen molar-refractivity contribution in [2.45, 2.75) is 32.2 Å². The predicted molar refractivity (Wildman–Crippen MR) is 129 cm³/mol. The van der Waals surface area contributed by atoms with E-state index in [1.165, 1.54) is 0 Å². The maximum Gasteiger partial charge on any atom is 0.219 e. The summed E-state index contributed by atoms with van der Waals surface area (Å²) in [5.74, 6) is 0.788. The monoisotopic (exact) mass is 444 g/mol. The number of nitrogens with two attached hydrogens (primary N) is 1. The molecule has 170 valence electrons. The molecule has 2 aliphatic heterocycles. The number of imidazole rings is 1. The third kappa shape index (κ3) is 4.39. The number of benzene rings is 1. The lowest BCUT2D eigenvalue weighted by Gasteiger charge is -2.31. The normalized spacial score (nSPS) is 20.4. The van der Waals surface area contributed by atoms with Gasteiger partial charge >= 0.3 is 0 Å². The van der Waals surface area contributed by atoms with E-state index in [0.29, 0.717) is 25.2 Å². The van der Waals surface area contributed by atoms with E-state index in [0.717, 1.165) is 65.3 Å². The Hall–Kier alpha value is -3.52. The molecular weight excluding hydrogens is 416 g/mol. The molecule has 2 fully saturated rings. The molecule has 0 spiro atoms. The van der Waals surface area contributed by atoms with Crippen molar-refractivity contribution in [2.75, 3.05) is 26.3 Å². The summed E-state index contributed by atoms with van der Waals surface area (Å²) in [6, 6.07) is 10.0. The lowest BCUT2D eigenvalue weighted by Crippen LogP contribution is -2.40. The first-order valence-electron chi connectivity index (χ1n) is 11.4. The van der Waals surface area contributed by atoms with Crippen molar-refractivity contribution in [1.82, 2.24) is 19.9 Å². The zero-order valence-corrected chi connectivity index (χ0v) is 18.8. The maximum absolute atomic E-state index is 12.2. The van der Waals surface area contributed by atoms with Gasteiger partial charge in [0, 0.05) is 80.2 Å². The molecule has 2 aliphatic rings. The number of fused-ring (bicyclic) bond motifs is 1. The maximum atomic E-state index is 12.2.